The summed E-state index contributed by atoms with van der Waals surface area (Å²) in [7, 11) is 0. The van der Waals surface area contributed by atoms with Crippen LogP contribution in [0.4, 0.5) is 5.82 Å². The number of aromatic nitrogens is 4. The van der Waals surface area contributed by atoms with Gasteiger partial charge in [-0.2, -0.15) is 4.68 Å². The van der Waals surface area contributed by atoms with Crippen molar-refractivity contribution in [1.29, 1.82) is 0 Å². The molecule has 26 heavy (non-hydrogen) atoms. The molecule has 0 aliphatic rings. The molecule has 0 atom stereocenters. The van der Waals surface area contributed by atoms with E-state index in [-0.39, 0.29) is 0 Å². The molecule has 5 nitrogen and oxygen atoms in total. The maximum absolute atomic E-state index is 6.28. The third-order valence-electron chi connectivity index (χ3n) is 4.16. The Hall–Kier alpha value is -2.70. The summed E-state index contributed by atoms with van der Waals surface area (Å²) in [4.78, 5) is 4.68. The number of anilines is 1. The highest BCUT2D eigenvalue weighted by Gasteiger charge is 2.17. The molecule has 2 N–H and O–H groups in total. The van der Waals surface area contributed by atoms with Crippen molar-refractivity contribution in [2.24, 2.45) is 0 Å². The van der Waals surface area contributed by atoms with Gasteiger partial charge in [0.25, 0.3) is 0 Å². The first kappa shape index (κ1) is 16.8. The molecule has 4 rings (SSSR count). The van der Waals surface area contributed by atoms with Crippen molar-refractivity contribution in [3.63, 3.8) is 0 Å². The zero-order chi connectivity index (χ0) is 18.3. The number of hydrogen-bond acceptors (Lipinski definition) is 5. The fourth-order valence-corrected chi connectivity index (χ4v) is 3.58. The molecule has 0 aliphatic heterocycles. The average Bonchev–Trinajstić information content (AvgIpc) is 3.25. The molecule has 0 bridgehead atoms. The number of benzene rings is 2. The Labute approximate surface area is 160 Å². The van der Waals surface area contributed by atoms with Crippen LogP contribution in [0.5, 0.6) is 0 Å². The molecule has 7 heteroatoms. The van der Waals surface area contributed by atoms with E-state index in [2.05, 4.69) is 46.5 Å². The average molecular weight is 382 g/mol. The summed E-state index contributed by atoms with van der Waals surface area (Å²) in [5.74, 6) is 0.440. The highest BCUT2D eigenvalue weighted by molar-refractivity contribution is 7.13. The fraction of sp³-hybridized carbons (Fsp3) is 0.105. The predicted molar refractivity (Wildman–Crippen MR) is 107 cm³/mol. The summed E-state index contributed by atoms with van der Waals surface area (Å²) in [5, 5.41) is 11.8. The zero-order valence-electron chi connectivity index (χ0n) is 14.3. The molecule has 2 aromatic heterocycles. The quantitative estimate of drug-likeness (QED) is 0.547. The maximum atomic E-state index is 6.28. The van der Waals surface area contributed by atoms with Crippen LogP contribution >= 0.6 is 22.9 Å². The second-order valence-corrected chi connectivity index (χ2v) is 7.34. The van der Waals surface area contributed by atoms with Crippen LogP contribution in [-0.4, -0.2) is 20.0 Å². The first-order chi connectivity index (χ1) is 12.5. The van der Waals surface area contributed by atoms with Gasteiger partial charge in [-0.25, -0.2) is 4.98 Å². The first-order valence-corrected chi connectivity index (χ1v) is 9.29. The smallest absolute Gasteiger partial charge is 0.165 e. The lowest BCUT2D eigenvalue weighted by atomic mass is 10.1. The van der Waals surface area contributed by atoms with Crippen LogP contribution in [0.25, 0.3) is 27.6 Å². The fourth-order valence-electron chi connectivity index (χ4n) is 2.59. The van der Waals surface area contributed by atoms with Crippen LogP contribution in [0.15, 0.2) is 47.8 Å². The molecule has 0 fully saturated rings. The van der Waals surface area contributed by atoms with Crippen molar-refractivity contribution in [1.82, 2.24) is 20.0 Å². The lowest BCUT2D eigenvalue weighted by Gasteiger charge is -2.05. The molecule has 0 radical (unpaired) electrons. The Balaban J connectivity index is 1.70. The number of rotatable bonds is 3. The molecule has 130 valence electrons. The van der Waals surface area contributed by atoms with Gasteiger partial charge in [0.15, 0.2) is 11.5 Å². The predicted octanol–water partition coefficient (Wildman–Crippen LogP) is 4.91. The van der Waals surface area contributed by atoms with E-state index in [1.54, 1.807) is 4.68 Å². The number of thiazole rings is 1. The van der Waals surface area contributed by atoms with Crippen molar-refractivity contribution >= 4 is 28.8 Å². The van der Waals surface area contributed by atoms with Crippen LogP contribution in [-0.2, 0) is 0 Å². The van der Waals surface area contributed by atoms with Crippen molar-refractivity contribution in [3.8, 4) is 27.6 Å². The van der Waals surface area contributed by atoms with Gasteiger partial charge in [0.2, 0.25) is 0 Å². The third kappa shape index (κ3) is 2.98. The summed E-state index contributed by atoms with van der Waals surface area (Å²) in [6, 6.07) is 13.9. The van der Waals surface area contributed by atoms with Crippen LogP contribution in [0.2, 0.25) is 5.02 Å². The molecule has 4 aromatic rings. The highest BCUT2D eigenvalue weighted by Crippen LogP contribution is 2.32. The number of nitrogens with two attached hydrogens (primary N) is 1. The van der Waals surface area contributed by atoms with Crippen molar-refractivity contribution < 1.29 is 0 Å². The van der Waals surface area contributed by atoms with Crippen LogP contribution in [0.3, 0.4) is 0 Å². The SMILES string of the molecule is Cc1ccc(-c2csc(-c3nnn(-c4ccc(C)c(Cl)c4)c3N)n2)cc1. The Morgan fingerprint density at radius 1 is 1.08 bits per heavy atom. The highest BCUT2D eigenvalue weighted by atomic mass is 35.5. The molecule has 0 aliphatic carbocycles. The summed E-state index contributed by atoms with van der Waals surface area (Å²) >= 11 is 7.71. The minimum absolute atomic E-state index is 0.440. The molecule has 0 unspecified atom stereocenters. The second kappa shape index (κ2) is 6.55. The van der Waals surface area contributed by atoms with Gasteiger partial charge in [-0.15, -0.1) is 16.4 Å². The van der Waals surface area contributed by atoms with E-state index in [1.165, 1.54) is 16.9 Å². The molecule has 2 heterocycles. The molecule has 2 aromatic carbocycles. The van der Waals surface area contributed by atoms with Gasteiger partial charge < -0.3 is 5.73 Å². The van der Waals surface area contributed by atoms with Gasteiger partial charge in [0.1, 0.15) is 5.01 Å². The van der Waals surface area contributed by atoms with E-state index >= 15 is 0 Å². The third-order valence-corrected chi connectivity index (χ3v) is 5.42. The normalized spacial score (nSPS) is 11.0. The van der Waals surface area contributed by atoms with Gasteiger partial charge in [-0.05, 0) is 31.5 Å². The molecule has 0 saturated carbocycles. The van der Waals surface area contributed by atoms with E-state index in [0.717, 1.165) is 27.5 Å². The minimum atomic E-state index is 0.440. The monoisotopic (exact) mass is 381 g/mol. The van der Waals surface area contributed by atoms with Gasteiger partial charge in [0.05, 0.1) is 11.4 Å². The number of halogens is 1. The lowest BCUT2D eigenvalue weighted by Crippen LogP contribution is -2.02. The van der Waals surface area contributed by atoms with Gasteiger partial charge >= 0.3 is 0 Å². The standard InChI is InChI=1S/C19H16ClN5S/c1-11-3-6-13(7-4-11)16-10-26-19(22-16)17-18(21)25(24-23-17)14-8-5-12(2)15(20)9-14/h3-10H,21H2,1-2H3. The summed E-state index contributed by atoms with van der Waals surface area (Å²) < 4.78 is 1.58. The van der Waals surface area contributed by atoms with Gasteiger partial charge in [-0.1, -0.05) is 52.7 Å². The van der Waals surface area contributed by atoms with E-state index in [4.69, 9.17) is 17.3 Å². The maximum Gasteiger partial charge on any atom is 0.165 e. The zero-order valence-corrected chi connectivity index (χ0v) is 15.8. The van der Waals surface area contributed by atoms with Crippen molar-refractivity contribution in [2.75, 3.05) is 5.73 Å². The largest absolute Gasteiger partial charge is 0.382 e. The topological polar surface area (TPSA) is 69.6 Å². The number of nitrogens with zero attached hydrogens (tertiary/aromatic N) is 4. The Morgan fingerprint density at radius 2 is 1.85 bits per heavy atom. The second-order valence-electron chi connectivity index (χ2n) is 6.07. The summed E-state index contributed by atoms with van der Waals surface area (Å²) in [5.41, 5.74) is 11.8. The number of hydrogen-bond donors (Lipinski definition) is 1. The van der Waals surface area contributed by atoms with E-state index in [0.29, 0.717) is 16.5 Å². The number of nitrogen functional groups attached to an aromatic ring is 1. The Kier molecular flexibility index (Phi) is 4.22. The molecule has 0 saturated heterocycles. The lowest BCUT2D eigenvalue weighted by molar-refractivity contribution is 0.810. The van der Waals surface area contributed by atoms with Crippen LogP contribution in [0, 0.1) is 13.8 Å². The van der Waals surface area contributed by atoms with Crippen molar-refractivity contribution in [2.45, 2.75) is 13.8 Å². The number of aryl methyl sites for hydroxylation is 2. The molecular formula is C19H16ClN5S. The van der Waals surface area contributed by atoms with Crippen molar-refractivity contribution in [3.05, 3.63) is 64.0 Å². The van der Waals surface area contributed by atoms with E-state index < -0.39 is 0 Å². The molecular weight excluding hydrogens is 366 g/mol. The van der Waals surface area contributed by atoms with Gasteiger partial charge in [0, 0.05) is 16.0 Å². The minimum Gasteiger partial charge on any atom is -0.382 e. The van der Waals surface area contributed by atoms with E-state index in [1.807, 2.05) is 30.5 Å². The van der Waals surface area contributed by atoms with Gasteiger partial charge in [-0.3, -0.25) is 0 Å². The van der Waals surface area contributed by atoms with Crippen LogP contribution < -0.4 is 5.73 Å². The Morgan fingerprint density at radius 3 is 2.58 bits per heavy atom. The summed E-state index contributed by atoms with van der Waals surface area (Å²) in [6.45, 7) is 4.01. The first-order valence-electron chi connectivity index (χ1n) is 8.03. The molecule has 0 amide bonds. The van der Waals surface area contributed by atoms with E-state index in [9.17, 15) is 0 Å². The summed E-state index contributed by atoms with van der Waals surface area (Å²) in [6.07, 6.45) is 0. The molecule has 0 spiro atoms. The van der Waals surface area contributed by atoms with Crippen LogP contribution in [0.1, 0.15) is 11.1 Å². The Bertz CT molecular complexity index is 1080.